The second-order valence-electron chi connectivity index (χ2n) is 4.45. The zero-order chi connectivity index (χ0) is 13.5. The zero-order valence-corrected chi connectivity index (χ0v) is 13.1. The largest absolute Gasteiger partial charge is 0.354 e. The zero-order valence-electron chi connectivity index (χ0n) is 11.5. The molecule has 0 heterocycles. The highest BCUT2D eigenvalue weighted by atomic mass is 79.9. The predicted octanol–water partition coefficient (Wildman–Crippen LogP) is 3.22. The lowest BCUT2D eigenvalue weighted by molar-refractivity contribution is 0.624. The highest BCUT2D eigenvalue weighted by Gasteiger charge is 2.04. The number of halogens is 1. The molecule has 0 aliphatic heterocycles. The Morgan fingerprint density at radius 3 is 2.72 bits per heavy atom. The first-order valence-corrected chi connectivity index (χ1v) is 7.08. The molecule has 0 saturated heterocycles. The quantitative estimate of drug-likeness (QED) is 0.661. The second kappa shape index (κ2) is 7.41. The summed E-state index contributed by atoms with van der Waals surface area (Å²) in [6, 6.07) is 6.75. The summed E-state index contributed by atoms with van der Waals surface area (Å²) in [4.78, 5) is 4.22. The number of benzene rings is 1. The summed E-state index contributed by atoms with van der Waals surface area (Å²) < 4.78 is 1.12. The van der Waals surface area contributed by atoms with Crippen molar-refractivity contribution in [2.45, 2.75) is 39.8 Å². The fraction of sp³-hybridized carbons (Fsp3) is 0.500. The number of nitrogens with zero attached hydrogens (tertiary/aromatic N) is 1. The van der Waals surface area contributed by atoms with Crippen LogP contribution in [0.15, 0.2) is 27.7 Å². The van der Waals surface area contributed by atoms with E-state index in [0.717, 1.165) is 23.4 Å². The Labute approximate surface area is 118 Å². The molecular formula is C14H22BrN3. The van der Waals surface area contributed by atoms with Gasteiger partial charge in [-0.3, -0.25) is 4.99 Å². The van der Waals surface area contributed by atoms with Crippen molar-refractivity contribution in [3.63, 3.8) is 0 Å². The van der Waals surface area contributed by atoms with E-state index in [0.29, 0.717) is 6.04 Å². The van der Waals surface area contributed by atoms with Crippen LogP contribution in [0.5, 0.6) is 0 Å². The Balaban J connectivity index is 2.58. The van der Waals surface area contributed by atoms with E-state index in [1.165, 1.54) is 11.1 Å². The highest BCUT2D eigenvalue weighted by molar-refractivity contribution is 9.10. The molecule has 2 N–H and O–H groups in total. The van der Waals surface area contributed by atoms with Gasteiger partial charge in [0.15, 0.2) is 5.96 Å². The van der Waals surface area contributed by atoms with Gasteiger partial charge in [-0.15, -0.1) is 0 Å². The van der Waals surface area contributed by atoms with Crippen molar-refractivity contribution in [3.8, 4) is 0 Å². The molecule has 0 saturated carbocycles. The maximum absolute atomic E-state index is 4.22. The van der Waals surface area contributed by atoms with Crippen molar-refractivity contribution in [1.29, 1.82) is 0 Å². The van der Waals surface area contributed by atoms with E-state index in [1.54, 1.807) is 7.05 Å². The number of nitrogens with one attached hydrogen (secondary N) is 2. The predicted molar refractivity (Wildman–Crippen MR) is 82.0 cm³/mol. The van der Waals surface area contributed by atoms with Gasteiger partial charge < -0.3 is 10.6 Å². The summed E-state index contributed by atoms with van der Waals surface area (Å²) in [5, 5.41) is 6.68. The molecule has 1 atom stereocenters. The topological polar surface area (TPSA) is 36.4 Å². The Morgan fingerprint density at radius 2 is 2.17 bits per heavy atom. The van der Waals surface area contributed by atoms with Crippen LogP contribution >= 0.6 is 15.9 Å². The second-order valence-corrected chi connectivity index (χ2v) is 5.37. The van der Waals surface area contributed by atoms with Crippen LogP contribution in [0.2, 0.25) is 0 Å². The summed E-state index contributed by atoms with van der Waals surface area (Å²) in [6.45, 7) is 7.21. The van der Waals surface area contributed by atoms with E-state index in [2.05, 4.69) is 70.5 Å². The maximum Gasteiger partial charge on any atom is 0.191 e. The molecule has 1 aromatic rings. The molecule has 1 rings (SSSR count). The molecule has 0 fully saturated rings. The van der Waals surface area contributed by atoms with Gasteiger partial charge in [-0.2, -0.15) is 0 Å². The first-order chi connectivity index (χ1) is 8.56. The van der Waals surface area contributed by atoms with E-state index in [1.807, 2.05) is 0 Å². The number of hydrogen-bond acceptors (Lipinski definition) is 1. The number of rotatable bonds is 4. The van der Waals surface area contributed by atoms with E-state index in [9.17, 15) is 0 Å². The molecular weight excluding hydrogens is 290 g/mol. The number of aliphatic imine (C=N–C) groups is 1. The molecule has 0 amide bonds. The number of aryl methyl sites for hydroxylation is 1. The van der Waals surface area contributed by atoms with Crippen LogP contribution in [0.4, 0.5) is 0 Å². The van der Waals surface area contributed by atoms with Gasteiger partial charge >= 0.3 is 0 Å². The first kappa shape index (κ1) is 15.0. The van der Waals surface area contributed by atoms with Crippen LogP contribution in [0.3, 0.4) is 0 Å². The Bertz CT molecular complexity index is 416. The van der Waals surface area contributed by atoms with Crippen molar-refractivity contribution in [3.05, 3.63) is 33.8 Å². The Hall–Kier alpha value is -1.03. The lowest BCUT2D eigenvalue weighted by atomic mass is 10.1. The average molecular weight is 312 g/mol. The Morgan fingerprint density at radius 1 is 1.44 bits per heavy atom. The summed E-state index contributed by atoms with van der Waals surface area (Å²) in [5.74, 6) is 0.853. The van der Waals surface area contributed by atoms with E-state index in [4.69, 9.17) is 0 Å². The fourth-order valence-corrected chi connectivity index (χ4v) is 2.04. The lowest BCUT2D eigenvalue weighted by Crippen LogP contribution is -2.41. The van der Waals surface area contributed by atoms with Gasteiger partial charge in [0.05, 0.1) is 0 Å². The highest BCUT2D eigenvalue weighted by Crippen LogP contribution is 2.15. The molecule has 0 aliphatic rings. The fourth-order valence-electron chi connectivity index (χ4n) is 1.57. The van der Waals surface area contributed by atoms with Crippen molar-refractivity contribution in [1.82, 2.24) is 10.6 Å². The van der Waals surface area contributed by atoms with Crippen LogP contribution in [-0.4, -0.2) is 19.0 Å². The summed E-state index contributed by atoms with van der Waals surface area (Å²) in [6.07, 6.45) is 1.08. The van der Waals surface area contributed by atoms with Crippen molar-refractivity contribution in [2.24, 2.45) is 4.99 Å². The molecule has 4 heteroatoms. The molecule has 0 radical (unpaired) electrons. The minimum atomic E-state index is 0.433. The molecule has 0 aromatic heterocycles. The lowest BCUT2D eigenvalue weighted by Gasteiger charge is -2.17. The first-order valence-electron chi connectivity index (χ1n) is 6.29. The smallest absolute Gasteiger partial charge is 0.191 e. The van der Waals surface area contributed by atoms with Gasteiger partial charge in [0, 0.05) is 24.1 Å². The Kier molecular flexibility index (Phi) is 6.19. The minimum Gasteiger partial charge on any atom is -0.354 e. The molecule has 100 valence electrons. The molecule has 1 aromatic carbocycles. The summed E-state index contributed by atoms with van der Waals surface area (Å²) in [7, 11) is 1.80. The van der Waals surface area contributed by atoms with Gasteiger partial charge in [-0.05, 0) is 43.5 Å². The van der Waals surface area contributed by atoms with Gasteiger partial charge in [0.25, 0.3) is 0 Å². The van der Waals surface area contributed by atoms with Crippen LogP contribution in [0.1, 0.15) is 31.4 Å². The van der Waals surface area contributed by atoms with E-state index < -0.39 is 0 Å². The third-order valence-corrected chi connectivity index (χ3v) is 3.46. The number of guanidine groups is 1. The molecule has 0 spiro atoms. The van der Waals surface area contributed by atoms with Crippen molar-refractivity contribution >= 4 is 21.9 Å². The molecule has 0 aliphatic carbocycles. The summed E-state index contributed by atoms with van der Waals surface area (Å²) >= 11 is 3.48. The average Bonchev–Trinajstić information content (AvgIpc) is 2.35. The standard InChI is InChI=1S/C14H22BrN3/c1-5-11(3)18-14(16-4)17-9-12-6-7-13(15)8-10(12)2/h6-8,11H,5,9H2,1-4H3,(H2,16,17,18). The molecule has 1 unspecified atom stereocenters. The summed E-state index contributed by atoms with van der Waals surface area (Å²) in [5.41, 5.74) is 2.56. The molecule has 3 nitrogen and oxygen atoms in total. The van der Waals surface area contributed by atoms with Gasteiger partial charge in [0.1, 0.15) is 0 Å². The molecule has 18 heavy (non-hydrogen) atoms. The monoisotopic (exact) mass is 311 g/mol. The van der Waals surface area contributed by atoms with Gasteiger partial charge in [-0.25, -0.2) is 0 Å². The third kappa shape index (κ3) is 4.69. The van der Waals surface area contributed by atoms with E-state index in [-0.39, 0.29) is 0 Å². The van der Waals surface area contributed by atoms with Gasteiger partial charge in [-0.1, -0.05) is 28.9 Å². The molecule has 0 bridgehead atoms. The SMILES string of the molecule is CCC(C)NC(=NC)NCc1ccc(Br)cc1C. The van der Waals surface area contributed by atoms with Crippen LogP contribution in [0.25, 0.3) is 0 Å². The third-order valence-electron chi connectivity index (χ3n) is 2.97. The van der Waals surface area contributed by atoms with Crippen molar-refractivity contribution in [2.75, 3.05) is 7.05 Å². The van der Waals surface area contributed by atoms with Crippen LogP contribution in [0, 0.1) is 6.92 Å². The normalized spacial score (nSPS) is 13.3. The maximum atomic E-state index is 4.22. The van der Waals surface area contributed by atoms with Crippen molar-refractivity contribution < 1.29 is 0 Å². The van der Waals surface area contributed by atoms with Gasteiger partial charge in [0.2, 0.25) is 0 Å². The number of hydrogen-bond donors (Lipinski definition) is 2. The van der Waals surface area contributed by atoms with Crippen LogP contribution in [-0.2, 0) is 6.54 Å². The minimum absolute atomic E-state index is 0.433. The van der Waals surface area contributed by atoms with E-state index >= 15 is 0 Å². The van der Waals surface area contributed by atoms with Crippen LogP contribution < -0.4 is 10.6 Å².